The van der Waals surface area contributed by atoms with E-state index in [1.807, 2.05) is 12.1 Å². The van der Waals surface area contributed by atoms with Crippen molar-refractivity contribution in [1.82, 2.24) is 9.97 Å². The summed E-state index contributed by atoms with van der Waals surface area (Å²) in [6.07, 6.45) is 0. The van der Waals surface area contributed by atoms with Gasteiger partial charge in [0.15, 0.2) is 5.82 Å². The van der Waals surface area contributed by atoms with Crippen LogP contribution >= 0.6 is 0 Å². The maximum Gasteiger partial charge on any atom is 0.160 e. The van der Waals surface area contributed by atoms with Crippen LogP contribution in [-0.4, -0.2) is 9.97 Å². The molecule has 0 spiro atoms. The molecule has 11 aromatic rings. The lowest BCUT2D eigenvalue weighted by molar-refractivity contribution is 0.777. The van der Waals surface area contributed by atoms with Crippen molar-refractivity contribution in [1.29, 1.82) is 0 Å². The van der Waals surface area contributed by atoms with E-state index in [4.69, 9.17) is 9.97 Å². The van der Waals surface area contributed by atoms with Gasteiger partial charge >= 0.3 is 0 Å². The molecule has 0 atom stereocenters. The second-order valence-corrected chi connectivity index (χ2v) is 16.4. The van der Waals surface area contributed by atoms with Crippen LogP contribution in [0.25, 0.3) is 88.8 Å². The molecule has 0 fully saturated rings. The van der Waals surface area contributed by atoms with Crippen LogP contribution in [0, 0.1) is 0 Å². The quantitative estimate of drug-likeness (QED) is 0.160. The van der Waals surface area contributed by atoms with Gasteiger partial charge < -0.3 is 0 Å². The number of benzene rings is 10. The Hall–Kier alpha value is -8.20. The van der Waals surface area contributed by atoms with Crippen LogP contribution in [0.4, 0.5) is 0 Å². The van der Waals surface area contributed by atoms with E-state index in [2.05, 4.69) is 231 Å². The highest BCUT2D eigenvalue weighted by molar-refractivity contribution is 6.08. The van der Waals surface area contributed by atoms with Crippen molar-refractivity contribution >= 4 is 21.5 Å². The Morgan fingerprint density at radius 1 is 0.270 bits per heavy atom. The first kappa shape index (κ1) is 36.6. The summed E-state index contributed by atoms with van der Waals surface area (Å²) < 4.78 is 0. The van der Waals surface area contributed by atoms with Gasteiger partial charge in [0.2, 0.25) is 0 Å². The Kier molecular flexibility index (Phi) is 8.76. The van der Waals surface area contributed by atoms with Crippen molar-refractivity contribution in [3.63, 3.8) is 0 Å². The van der Waals surface area contributed by atoms with Crippen molar-refractivity contribution in [2.24, 2.45) is 0 Å². The molecule has 1 aliphatic carbocycles. The second kappa shape index (κ2) is 15.1. The largest absolute Gasteiger partial charge is 0.228 e. The predicted octanol–water partition coefficient (Wildman–Crippen LogP) is 15.5. The minimum atomic E-state index is -0.591. The smallest absolute Gasteiger partial charge is 0.160 e. The highest BCUT2D eigenvalue weighted by Gasteiger charge is 2.48. The maximum atomic E-state index is 5.36. The summed E-state index contributed by atoms with van der Waals surface area (Å²) in [6.45, 7) is 0. The van der Waals surface area contributed by atoms with E-state index >= 15 is 0 Å². The van der Waals surface area contributed by atoms with Gasteiger partial charge in [0.1, 0.15) is 0 Å². The molecule has 0 bridgehead atoms. The molecule has 10 aromatic carbocycles. The molecule has 1 heterocycles. The molecule has 1 aromatic heterocycles. The fourth-order valence-corrected chi connectivity index (χ4v) is 10.2. The molecule has 1 aliphatic rings. The molecule has 0 N–H and O–H groups in total. The summed E-state index contributed by atoms with van der Waals surface area (Å²) >= 11 is 0. The van der Waals surface area contributed by atoms with E-state index in [1.54, 1.807) is 0 Å². The molecule has 12 rings (SSSR count). The fourth-order valence-electron chi connectivity index (χ4n) is 10.2. The minimum absolute atomic E-state index is 0.591. The van der Waals surface area contributed by atoms with Crippen LogP contribution in [0.2, 0.25) is 0 Å². The van der Waals surface area contributed by atoms with Crippen LogP contribution in [0.5, 0.6) is 0 Å². The zero-order valence-electron chi connectivity index (χ0n) is 34.5. The Labute approximate surface area is 367 Å². The van der Waals surface area contributed by atoms with Crippen molar-refractivity contribution < 1.29 is 0 Å². The molecule has 2 nitrogen and oxygen atoms in total. The molecular formula is C61H40N2. The lowest BCUT2D eigenvalue weighted by Gasteiger charge is -2.36. The van der Waals surface area contributed by atoms with Crippen LogP contribution in [0.15, 0.2) is 243 Å². The molecule has 2 heteroatoms. The van der Waals surface area contributed by atoms with Crippen molar-refractivity contribution in [3.05, 3.63) is 265 Å². The number of hydrogen-bond acceptors (Lipinski definition) is 2. The van der Waals surface area contributed by atoms with Gasteiger partial charge in [-0.15, -0.1) is 0 Å². The topological polar surface area (TPSA) is 25.8 Å². The third kappa shape index (κ3) is 5.95. The lowest BCUT2D eigenvalue weighted by atomic mass is 9.65. The van der Waals surface area contributed by atoms with Crippen LogP contribution in [0.3, 0.4) is 0 Å². The third-order valence-electron chi connectivity index (χ3n) is 13.0. The first-order valence-electron chi connectivity index (χ1n) is 21.7. The predicted molar refractivity (Wildman–Crippen MR) is 262 cm³/mol. The van der Waals surface area contributed by atoms with Gasteiger partial charge in [-0.3, -0.25) is 0 Å². The van der Waals surface area contributed by atoms with Gasteiger partial charge in [0, 0.05) is 16.7 Å². The van der Waals surface area contributed by atoms with Crippen LogP contribution in [0.1, 0.15) is 22.3 Å². The number of aromatic nitrogens is 2. The molecule has 0 unspecified atom stereocenters. The van der Waals surface area contributed by atoms with E-state index in [-0.39, 0.29) is 0 Å². The fraction of sp³-hybridized carbons (Fsp3) is 0.0164. The molecule has 0 aliphatic heterocycles. The molecule has 63 heavy (non-hydrogen) atoms. The number of nitrogens with zero attached hydrogens (tertiary/aromatic N) is 2. The maximum absolute atomic E-state index is 5.36. The van der Waals surface area contributed by atoms with Crippen molar-refractivity contribution in [2.75, 3.05) is 0 Å². The third-order valence-corrected chi connectivity index (χ3v) is 13.0. The van der Waals surface area contributed by atoms with Gasteiger partial charge in [-0.25, -0.2) is 9.97 Å². The highest BCUT2D eigenvalue weighted by Crippen LogP contribution is 2.60. The van der Waals surface area contributed by atoms with Crippen LogP contribution in [-0.2, 0) is 5.41 Å². The minimum Gasteiger partial charge on any atom is -0.228 e. The Balaban J connectivity index is 1.09. The summed E-state index contributed by atoms with van der Waals surface area (Å²) in [5.41, 5.74) is 16.7. The summed E-state index contributed by atoms with van der Waals surface area (Å²) in [7, 11) is 0. The SMILES string of the molecule is c1ccc(-c2ccc(-c3nc(-c4ccccc4)cc(-c4ccc(-c5cccc6c5C(c5ccccc5)(c5ccccc5)c5c-6ccc6ccccc56)c5ccccc45)n3)cc2)cc1. The van der Waals surface area contributed by atoms with Crippen molar-refractivity contribution in [3.8, 4) is 67.3 Å². The highest BCUT2D eigenvalue weighted by atomic mass is 14.9. The Morgan fingerprint density at radius 2 is 0.730 bits per heavy atom. The normalized spacial score (nSPS) is 12.6. The zero-order valence-corrected chi connectivity index (χ0v) is 34.5. The first-order chi connectivity index (χ1) is 31.3. The van der Waals surface area contributed by atoms with Crippen molar-refractivity contribution in [2.45, 2.75) is 5.41 Å². The molecular weight excluding hydrogens is 761 g/mol. The summed E-state index contributed by atoms with van der Waals surface area (Å²) in [6, 6.07) is 87.8. The summed E-state index contributed by atoms with van der Waals surface area (Å²) in [4.78, 5) is 10.5. The molecule has 0 saturated heterocycles. The van der Waals surface area contributed by atoms with Gasteiger partial charge in [-0.2, -0.15) is 0 Å². The van der Waals surface area contributed by atoms with E-state index < -0.39 is 5.41 Å². The van der Waals surface area contributed by atoms with E-state index in [9.17, 15) is 0 Å². The van der Waals surface area contributed by atoms with Gasteiger partial charge in [-0.1, -0.05) is 237 Å². The summed E-state index contributed by atoms with van der Waals surface area (Å²) in [5.74, 6) is 0.695. The van der Waals surface area contributed by atoms with E-state index in [0.29, 0.717) is 5.82 Å². The molecule has 0 amide bonds. The first-order valence-corrected chi connectivity index (χ1v) is 21.7. The zero-order chi connectivity index (χ0) is 41.7. The lowest BCUT2D eigenvalue weighted by Crippen LogP contribution is -2.29. The molecule has 294 valence electrons. The van der Waals surface area contributed by atoms with Gasteiger partial charge in [0.05, 0.1) is 16.8 Å². The molecule has 0 radical (unpaired) electrons. The monoisotopic (exact) mass is 800 g/mol. The van der Waals surface area contributed by atoms with E-state index in [0.717, 1.165) is 39.0 Å². The van der Waals surface area contributed by atoms with Crippen LogP contribution < -0.4 is 0 Å². The number of hydrogen-bond donors (Lipinski definition) is 0. The Bertz CT molecular complexity index is 3430. The number of fused-ring (bicyclic) bond motifs is 6. The summed E-state index contributed by atoms with van der Waals surface area (Å²) in [5, 5.41) is 4.82. The van der Waals surface area contributed by atoms with Gasteiger partial charge in [0.25, 0.3) is 0 Å². The number of rotatable bonds is 7. The Morgan fingerprint density at radius 3 is 1.40 bits per heavy atom. The second-order valence-electron chi connectivity index (χ2n) is 16.4. The average Bonchev–Trinajstić information content (AvgIpc) is 3.69. The van der Waals surface area contributed by atoms with Gasteiger partial charge in [-0.05, 0) is 83.2 Å². The average molecular weight is 801 g/mol. The molecule has 0 saturated carbocycles. The standard InChI is InChI=1S/C61H40N2/c1-5-18-41(19-6-1)42-32-34-45(35-33-42)60-62-56(44-21-7-2-8-22-44)40-57(63-60)52-39-38-51(49-28-15-16-29-50(49)52)53-30-17-31-54-55-37-36-43-20-13-14-27-48(43)58(55)61(59(53)54,46-23-9-3-10-24-46)47-25-11-4-12-26-47/h1-40H. The van der Waals surface area contributed by atoms with E-state index in [1.165, 1.54) is 66.2 Å².